The number of fused-ring (bicyclic) bond motifs is 1. The molecule has 0 N–H and O–H groups in total. The number of hydrogen-bond donors (Lipinski definition) is 0. The van der Waals surface area contributed by atoms with Crippen molar-refractivity contribution in [2.45, 2.75) is 13.1 Å². The highest BCUT2D eigenvalue weighted by molar-refractivity contribution is 6.30. The number of nitrogens with zero attached hydrogens (tertiary/aromatic N) is 4. The minimum Gasteiger partial charge on any atom is -0.292 e. The van der Waals surface area contributed by atoms with Crippen LogP contribution in [-0.2, 0) is 13.1 Å². The van der Waals surface area contributed by atoms with Crippen LogP contribution < -0.4 is 0 Å². The van der Waals surface area contributed by atoms with Crippen molar-refractivity contribution in [3.63, 3.8) is 0 Å². The second kappa shape index (κ2) is 7.02. The molecule has 0 saturated carbocycles. The van der Waals surface area contributed by atoms with Gasteiger partial charge in [-0.15, -0.1) is 6.58 Å². The summed E-state index contributed by atoms with van der Waals surface area (Å²) in [4.78, 5) is 6.40. The average Bonchev–Trinajstić information content (AvgIpc) is 3.01. The van der Waals surface area contributed by atoms with Gasteiger partial charge in [0.05, 0.1) is 12.2 Å². The van der Waals surface area contributed by atoms with E-state index in [-0.39, 0.29) is 5.82 Å². The van der Waals surface area contributed by atoms with E-state index in [9.17, 15) is 4.39 Å². The number of rotatable bonds is 4. The van der Waals surface area contributed by atoms with Crippen molar-refractivity contribution in [2.24, 2.45) is 0 Å². The zero-order valence-electron chi connectivity index (χ0n) is 14.2. The topological polar surface area (TPSA) is 34.0 Å². The van der Waals surface area contributed by atoms with E-state index in [2.05, 4.69) is 16.5 Å². The Hall–Kier alpha value is -2.50. The molecule has 1 aliphatic rings. The molecule has 4 rings (SSSR count). The lowest BCUT2D eigenvalue weighted by Gasteiger charge is -2.27. The molecule has 0 atom stereocenters. The van der Waals surface area contributed by atoms with Crippen LogP contribution in [0, 0.1) is 5.82 Å². The zero-order valence-corrected chi connectivity index (χ0v) is 15.0. The van der Waals surface area contributed by atoms with Crippen LogP contribution in [-0.4, -0.2) is 32.8 Å². The van der Waals surface area contributed by atoms with E-state index in [0.717, 1.165) is 43.0 Å². The highest BCUT2D eigenvalue weighted by Gasteiger charge is 2.26. The summed E-state index contributed by atoms with van der Waals surface area (Å²) < 4.78 is 16.6. The van der Waals surface area contributed by atoms with Crippen molar-refractivity contribution >= 4 is 11.6 Å². The predicted octanol–water partition coefficient (Wildman–Crippen LogP) is 4.41. The van der Waals surface area contributed by atoms with Gasteiger partial charge in [0, 0.05) is 48.2 Å². The standard InChI is InChI=1S/C20H18ClFN4/c1-2-9-25-10-11-26-18(13-25)19(14-5-7-23-8-6-14)20(24-26)16-4-3-15(21)12-17(16)22/h2-8,12H,1,9-11,13H2. The average molecular weight is 369 g/mol. The minimum atomic E-state index is -0.369. The molecule has 0 aliphatic carbocycles. The van der Waals surface area contributed by atoms with E-state index < -0.39 is 0 Å². The predicted molar refractivity (Wildman–Crippen MR) is 101 cm³/mol. The fraction of sp³-hybridized carbons (Fsp3) is 0.200. The van der Waals surface area contributed by atoms with Crippen LogP contribution in [0.15, 0.2) is 55.4 Å². The van der Waals surface area contributed by atoms with Crippen LogP contribution in [0.1, 0.15) is 5.69 Å². The fourth-order valence-electron chi connectivity index (χ4n) is 3.40. The molecule has 0 fully saturated rings. The van der Waals surface area contributed by atoms with E-state index in [0.29, 0.717) is 16.3 Å². The SMILES string of the molecule is C=CCN1CCn2nc(-c3ccc(Cl)cc3F)c(-c3ccncc3)c2C1. The van der Waals surface area contributed by atoms with Crippen molar-refractivity contribution < 1.29 is 4.39 Å². The molecule has 132 valence electrons. The Balaban J connectivity index is 1.91. The quantitative estimate of drug-likeness (QED) is 0.640. The summed E-state index contributed by atoms with van der Waals surface area (Å²) >= 11 is 5.93. The third-order valence-electron chi connectivity index (χ3n) is 4.60. The Morgan fingerprint density at radius 3 is 2.73 bits per heavy atom. The van der Waals surface area contributed by atoms with Gasteiger partial charge in [0.15, 0.2) is 0 Å². The highest BCUT2D eigenvalue weighted by atomic mass is 35.5. The summed E-state index contributed by atoms with van der Waals surface area (Å²) in [6.07, 6.45) is 5.38. The molecule has 26 heavy (non-hydrogen) atoms. The molecule has 1 aromatic carbocycles. The Morgan fingerprint density at radius 1 is 1.19 bits per heavy atom. The van der Waals surface area contributed by atoms with E-state index in [1.807, 2.05) is 22.9 Å². The lowest BCUT2D eigenvalue weighted by Crippen LogP contribution is -2.34. The number of benzene rings is 1. The Morgan fingerprint density at radius 2 is 2.00 bits per heavy atom. The normalized spacial score (nSPS) is 14.2. The van der Waals surface area contributed by atoms with Gasteiger partial charge in [-0.05, 0) is 35.9 Å². The maximum absolute atomic E-state index is 14.6. The summed E-state index contributed by atoms with van der Waals surface area (Å²) in [6, 6.07) is 8.58. The molecule has 4 nitrogen and oxygen atoms in total. The lowest BCUT2D eigenvalue weighted by atomic mass is 9.98. The van der Waals surface area contributed by atoms with Crippen LogP contribution in [0.4, 0.5) is 4.39 Å². The van der Waals surface area contributed by atoms with Crippen LogP contribution in [0.3, 0.4) is 0 Å². The Bertz CT molecular complexity index is 952. The second-order valence-electron chi connectivity index (χ2n) is 6.28. The van der Waals surface area contributed by atoms with E-state index in [1.165, 1.54) is 6.07 Å². The lowest BCUT2D eigenvalue weighted by molar-refractivity contribution is 0.235. The van der Waals surface area contributed by atoms with Gasteiger partial charge in [0.1, 0.15) is 11.5 Å². The van der Waals surface area contributed by atoms with Crippen molar-refractivity contribution in [3.8, 4) is 22.4 Å². The van der Waals surface area contributed by atoms with Crippen LogP contribution in [0.5, 0.6) is 0 Å². The Kier molecular flexibility index (Phi) is 4.57. The molecule has 0 amide bonds. The molecule has 6 heteroatoms. The number of hydrogen-bond acceptors (Lipinski definition) is 3. The number of aromatic nitrogens is 3. The van der Waals surface area contributed by atoms with Crippen LogP contribution in [0.2, 0.25) is 5.02 Å². The first-order valence-corrected chi connectivity index (χ1v) is 8.84. The van der Waals surface area contributed by atoms with Gasteiger partial charge in [-0.2, -0.15) is 5.10 Å². The summed E-state index contributed by atoms with van der Waals surface area (Å²) in [6.45, 7) is 7.03. The van der Waals surface area contributed by atoms with Crippen molar-refractivity contribution in [1.82, 2.24) is 19.7 Å². The first kappa shape index (κ1) is 16.9. The molecule has 0 saturated heterocycles. The van der Waals surface area contributed by atoms with Crippen LogP contribution >= 0.6 is 11.6 Å². The molecule has 0 bridgehead atoms. The first-order chi connectivity index (χ1) is 12.7. The molecule has 0 spiro atoms. The van der Waals surface area contributed by atoms with Gasteiger partial charge in [-0.1, -0.05) is 17.7 Å². The van der Waals surface area contributed by atoms with Crippen molar-refractivity contribution in [1.29, 1.82) is 0 Å². The molecule has 0 unspecified atom stereocenters. The van der Waals surface area contributed by atoms with Gasteiger partial charge < -0.3 is 0 Å². The largest absolute Gasteiger partial charge is 0.292 e. The Labute approximate surface area is 156 Å². The van der Waals surface area contributed by atoms with Gasteiger partial charge in [0.2, 0.25) is 0 Å². The molecule has 1 aliphatic heterocycles. The van der Waals surface area contributed by atoms with Gasteiger partial charge >= 0.3 is 0 Å². The summed E-state index contributed by atoms with van der Waals surface area (Å²) in [7, 11) is 0. The van der Waals surface area contributed by atoms with Gasteiger partial charge in [-0.3, -0.25) is 14.6 Å². The van der Waals surface area contributed by atoms with Crippen LogP contribution in [0.25, 0.3) is 22.4 Å². The van der Waals surface area contributed by atoms with Crippen molar-refractivity contribution in [2.75, 3.05) is 13.1 Å². The third kappa shape index (κ3) is 3.04. The summed E-state index contributed by atoms with van der Waals surface area (Å²) in [5, 5.41) is 5.12. The summed E-state index contributed by atoms with van der Waals surface area (Å²) in [5.74, 6) is -0.369. The van der Waals surface area contributed by atoms with Gasteiger partial charge in [-0.25, -0.2) is 4.39 Å². The summed E-state index contributed by atoms with van der Waals surface area (Å²) in [5.41, 5.74) is 4.10. The molecule has 2 aromatic heterocycles. The van der Waals surface area contributed by atoms with E-state index in [4.69, 9.17) is 16.7 Å². The smallest absolute Gasteiger partial charge is 0.134 e. The highest BCUT2D eigenvalue weighted by Crippen LogP contribution is 2.37. The minimum absolute atomic E-state index is 0.369. The zero-order chi connectivity index (χ0) is 18.1. The molecular formula is C20H18ClFN4. The maximum atomic E-state index is 14.6. The molecule has 3 aromatic rings. The monoisotopic (exact) mass is 368 g/mol. The first-order valence-electron chi connectivity index (χ1n) is 8.46. The molecular weight excluding hydrogens is 351 g/mol. The van der Waals surface area contributed by atoms with Crippen molar-refractivity contribution in [3.05, 3.63) is 71.9 Å². The van der Waals surface area contributed by atoms with E-state index in [1.54, 1.807) is 24.5 Å². The molecule has 3 heterocycles. The number of pyridine rings is 1. The third-order valence-corrected chi connectivity index (χ3v) is 4.84. The second-order valence-corrected chi connectivity index (χ2v) is 6.71. The maximum Gasteiger partial charge on any atom is 0.134 e. The fourth-order valence-corrected chi connectivity index (χ4v) is 3.56. The molecule has 0 radical (unpaired) electrons. The van der Waals surface area contributed by atoms with Gasteiger partial charge in [0.25, 0.3) is 0 Å². The van der Waals surface area contributed by atoms with E-state index >= 15 is 0 Å². The number of halogens is 2.